The molecular formula is C24H23N5O3. The number of hydrogen-bond acceptors (Lipinski definition) is 5. The van der Waals surface area contributed by atoms with Gasteiger partial charge in [0.2, 0.25) is 0 Å². The van der Waals surface area contributed by atoms with Gasteiger partial charge in [-0.2, -0.15) is 5.10 Å². The highest BCUT2D eigenvalue weighted by atomic mass is 16.5. The van der Waals surface area contributed by atoms with Crippen LogP contribution in [0.4, 0.5) is 0 Å². The number of amides is 2. The molecule has 0 unspecified atom stereocenters. The molecule has 8 nitrogen and oxygen atoms in total. The molecule has 4 aromatic rings. The van der Waals surface area contributed by atoms with Crippen LogP contribution in [0, 0.1) is 0 Å². The van der Waals surface area contributed by atoms with Crippen molar-refractivity contribution in [3.8, 4) is 11.3 Å². The number of benzene rings is 2. The molecule has 162 valence electrons. The van der Waals surface area contributed by atoms with Crippen molar-refractivity contribution < 1.29 is 14.1 Å². The lowest BCUT2D eigenvalue weighted by Gasteiger charge is -2.32. The van der Waals surface area contributed by atoms with Crippen molar-refractivity contribution in [1.29, 1.82) is 0 Å². The first kappa shape index (κ1) is 20.0. The summed E-state index contributed by atoms with van der Waals surface area (Å²) in [5.41, 5.74) is 2.79. The normalized spacial score (nSPS) is 14.6. The Kier molecular flexibility index (Phi) is 5.18. The predicted octanol–water partition coefficient (Wildman–Crippen LogP) is 3.26. The Morgan fingerprint density at radius 1 is 1.06 bits per heavy atom. The second kappa shape index (κ2) is 8.30. The van der Waals surface area contributed by atoms with E-state index in [1.54, 1.807) is 30.2 Å². The summed E-state index contributed by atoms with van der Waals surface area (Å²) in [6.45, 7) is 1.17. The summed E-state index contributed by atoms with van der Waals surface area (Å²) in [6, 6.07) is 15.2. The Morgan fingerprint density at radius 2 is 1.84 bits per heavy atom. The number of fused-ring (bicyclic) bond motifs is 1. The molecule has 1 saturated heterocycles. The van der Waals surface area contributed by atoms with Gasteiger partial charge in [-0.1, -0.05) is 35.5 Å². The van der Waals surface area contributed by atoms with E-state index in [2.05, 4.69) is 15.6 Å². The molecule has 8 heteroatoms. The first-order chi connectivity index (χ1) is 15.6. The number of likely N-dealkylation sites (tertiary alicyclic amines) is 1. The molecule has 32 heavy (non-hydrogen) atoms. The van der Waals surface area contributed by atoms with Crippen LogP contribution in [0.1, 0.15) is 33.6 Å². The summed E-state index contributed by atoms with van der Waals surface area (Å²) in [6.07, 6.45) is 4.67. The number of nitrogens with one attached hydrogen (secondary N) is 1. The summed E-state index contributed by atoms with van der Waals surface area (Å²) in [5, 5.41) is 12.0. The van der Waals surface area contributed by atoms with Crippen molar-refractivity contribution in [1.82, 2.24) is 25.2 Å². The third-order valence-electron chi connectivity index (χ3n) is 5.84. The molecule has 0 radical (unpaired) electrons. The number of nitrogens with zero attached hydrogens (tertiary/aromatic N) is 4. The molecule has 2 amide bonds. The fourth-order valence-electron chi connectivity index (χ4n) is 4.09. The Hall–Kier alpha value is -3.94. The van der Waals surface area contributed by atoms with Gasteiger partial charge in [0.1, 0.15) is 5.52 Å². The average molecular weight is 429 g/mol. The van der Waals surface area contributed by atoms with E-state index in [0.29, 0.717) is 42.8 Å². The summed E-state index contributed by atoms with van der Waals surface area (Å²) in [4.78, 5) is 27.3. The van der Waals surface area contributed by atoms with Gasteiger partial charge in [0.05, 0.1) is 17.1 Å². The first-order valence-electron chi connectivity index (χ1n) is 10.6. The quantitative estimate of drug-likeness (QED) is 0.537. The number of hydrogen-bond donors (Lipinski definition) is 1. The van der Waals surface area contributed by atoms with E-state index in [1.807, 2.05) is 47.4 Å². The van der Waals surface area contributed by atoms with Gasteiger partial charge in [-0.05, 0) is 31.0 Å². The minimum absolute atomic E-state index is 0.0239. The molecule has 0 saturated carbocycles. The van der Waals surface area contributed by atoms with E-state index in [9.17, 15) is 9.59 Å². The van der Waals surface area contributed by atoms with E-state index in [-0.39, 0.29) is 17.9 Å². The van der Waals surface area contributed by atoms with E-state index in [1.165, 1.54) is 0 Å². The maximum Gasteiger partial charge on any atom is 0.254 e. The second-order valence-corrected chi connectivity index (χ2v) is 8.05. The van der Waals surface area contributed by atoms with Gasteiger partial charge in [-0.25, -0.2) is 0 Å². The molecule has 2 aromatic carbocycles. The minimum atomic E-state index is -0.130. The molecule has 2 aromatic heterocycles. The highest BCUT2D eigenvalue weighted by Crippen LogP contribution is 2.29. The predicted molar refractivity (Wildman–Crippen MR) is 119 cm³/mol. The van der Waals surface area contributed by atoms with Crippen LogP contribution in [0.2, 0.25) is 0 Å². The molecule has 5 rings (SSSR count). The van der Waals surface area contributed by atoms with E-state index in [4.69, 9.17) is 4.52 Å². The zero-order chi connectivity index (χ0) is 22.1. The van der Waals surface area contributed by atoms with Crippen LogP contribution in [0.15, 0.2) is 65.4 Å². The minimum Gasteiger partial charge on any atom is -0.355 e. The van der Waals surface area contributed by atoms with Crippen molar-refractivity contribution >= 4 is 22.7 Å². The summed E-state index contributed by atoms with van der Waals surface area (Å²) in [7, 11) is 1.78. The molecule has 0 spiro atoms. The smallest absolute Gasteiger partial charge is 0.254 e. The zero-order valence-corrected chi connectivity index (χ0v) is 17.7. The number of carbonyl (C=O) groups excluding carboxylic acids is 2. The number of rotatable bonds is 4. The molecule has 1 aliphatic rings. The monoisotopic (exact) mass is 429 g/mol. The highest BCUT2D eigenvalue weighted by molar-refractivity contribution is 6.01. The van der Waals surface area contributed by atoms with Crippen LogP contribution in [0.5, 0.6) is 0 Å². The van der Waals surface area contributed by atoms with Gasteiger partial charge in [0, 0.05) is 43.5 Å². The largest absolute Gasteiger partial charge is 0.355 e. The summed E-state index contributed by atoms with van der Waals surface area (Å²) in [5.74, 6) is 0.505. The lowest BCUT2D eigenvalue weighted by atomic mass is 10.0. The van der Waals surface area contributed by atoms with Crippen molar-refractivity contribution in [3.05, 3.63) is 72.1 Å². The SMILES string of the molecule is Cn1cc(C(=O)NC2CCN(C(=O)c3ccc4noc(-c5ccccc5)c4c3)CC2)cn1. The Labute approximate surface area is 184 Å². The molecule has 0 bridgehead atoms. The maximum absolute atomic E-state index is 13.1. The maximum atomic E-state index is 13.1. The third kappa shape index (κ3) is 3.87. The molecule has 0 aliphatic carbocycles. The fraction of sp³-hybridized carbons (Fsp3) is 0.250. The number of aromatic nitrogens is 3. The summed E-state index contributed by atoms with van der Waals surface area (Å²) >= 11 is 0. The van der Waals surface area contributed by atoms with Crippen LogP contribution in [-0.2, 0) is 7.05 Å². The van der Waals surface area contributed by atoms with Gasteiger partial charge < -0.3 is 14.7 Å². The zero-order valence-electron chi connectivity index (χ0n) is 17.7. The van der Waals surface area contributed by atoms with Crippen molar-refractivity contribution in [2.45, 2.75) is 18.9 Å². The Morgan fingerprint density at radius 3 is 2.56 bits per heavy atom. The van der Waals surface area contributed by atoms with Crippen LogP contribution >= 0.6 is 0 Å². The average Bonchev–Trinajstić information content (AvgIpc) is 3.45. The summed E-state index contributed by atoms with van der Waals surface area (Å²) < 4.78 is 7.15. The lowest BCUT2D eigenvalue weighted by Crippen LogP contribution is -2.46. The Bertz CT molecular complexity index is 1270. The van der Waals surface area contributed by atoms with Crippen molar-refractivity contribution in [2.75, 3.05) is 13.1 Å². The molecule has 1 fully saturated rings. The number of carbonyl (C=O) groups is 2. The van der Waals surface area contributed by atoms with Crippen LogP contribution in [0.25, 0.3) is 22.2 Å². The van der Waals surface area contributed by atoms with E-state index < -0.39 is 0 Å². The molecular weight excluding hydrogens is 406 g/mol. The van der Waals surface area contributed by atoms with Crippen molar-refractivity contribution in [2.24, 2.45) is 7.05 Å². The van der Waals surface area contributed by atoms with E-state index in [0.717, 1.165) is 16.5 Å². The van der Waals surface area contributed by atoms with Gasteiger partial charge >= 0.3 is 0 Å². The fourth-order valence-corrected chi connectivity index (χ4v) is 4.09. The lowest BCUT2D eigenvalue weighted by molar-refractivity contribution is 0.0698. The standard InChI is InChI=1S/C24H23N5O3/c1-28-15-18(14-25-28)23(30)26-19-9-11-29(12-10-19)24(31)17-7-8-21-20(13-17)22(32-27-21)16-5-3-2-4-6-16/h2-8,13-15,19H,9-12H2,1H3,(H,26,30). The van der Waals surface area contributed by atoms with Crippen LogP contribution in [0.3, 0.4) is 0 Å². The highest BCUT2D eigenvalue weighted by Gasteiger charge is 2.26. The van der Waals surface area contributed by atoms with Crippen LogP contribution in [-0.4, -0.2) is 50.8 Å². The van der Waals surface area contributed by atoms with Gasteiger partial charge in [0.25, 0.3) is 11.8 Å². The molecule has 0 atom stereocenters. The second-order valence-electron chi connectivity index (χ2n) is 8.05. The van der Waals surface area contributed by atoms with Gasteiger partial charge in [-0.3, -0.25) is 14.3 Å². The Balaban J connectivity index is 1.26. The third-order valence-corrected chi connectivity index (χ3v) is 5.84. The molecule has 3 heterocycles. The van der Waals surface area contributed by atoms with Crippen LogP contribution < -0.4 is 5.32 Å². The molecule has 1 aliphatic heterocycles. The van der Waals surface area contributed by atoms with Crippen molar-refractivity contribution in [3.63, 3.8) is 0 Å². The number of aryl methyl sites for hydroxylation is 1. The van der Waals surface area contributed by atoms with Gasteiger partial charge in [-0.15, -0.1) is 0 Å². The topological polar surface area (TPSA) is 93.3 Å². The number of piperidine rings is 1. The van der Waals surface area contributed by atoms with E-state index >= 15 is 0 Å². The molecule has 1 N–H and O–H groups in total. The van der Waals surface area contributed by atoms with Gasteiger partial charge in [0.15, 0.2) is 5.76 Å². The first-order valence-corrected chi connectivity index (χ1v) is 10.6.